The molecule has 1 aliphatic carbocycles. The third kappa shape index (κ3) is 5.28. The molecule has 8 heteroatoms. The molecule has 4 rings (SSSR count). The van der Waals surface area contributed by atoms with Gasteiger partial charge in [0.25, 0.3) is 5.91 Å². The van der Waals surface area contributed by atoms with Gasteiger partial charge >= 0.3 is 0 Å². The monoisotopic (exact) mass is 466 g/mol. The van der Waals surface area contributed by atoms with Gasteiger partial charge in [-0.25, -0.2) is 4.98 Å². The van der Waals surface area contributed by atoms with E-state index in [1.165, 1.54) is 0 Å². The number of primary amides is 1. The Morgan fingerprint density at radius 3 is 2.52 bits per heavy atom. The molecule has 2 aliphatic rings. The topological polar surface area (TPSA) is 109 Å². The zero-order valence-electron chi connectivity index (χ0n) is 18.4. The van der Waals surface area contributed by atoms with E-state index in [-0.39, 0.29) is 17.9 Å². The SMILES string of the molecule is N#Cc1ccc(OC2CCC(c3cc(N4CCC(C=O)CC4)cnc3C(N)=O)CC2)cc1Cl. The summed E-state index contributed by atoms with van der Waals surface area (Å²) < 4.78 is 6.10. The van der Waals surface area contributed by atoms with Gasteiger partial charge < -0.3 is 20.2 Å². The van der Waals surface area contributed by atoms with Gasteiger partial charge in [0.15, 0.2) is 0 Å². The number of ether oxygens (including phenoxy) is 1. The van der Waals surface area contributed by atoms with Crippen molar-refractivity contribution in [1.82, 2.24) is 4.98 Å². The fourth-order valence-electron chi connectivity index (χ4n) is 4.80. The van der Waals surface area contributed by atoms with Gasteiger partial charge in [0, 0.05) is 25.1 Å². The zero-order chi connectivity index (χ0) is 23.4. The van der Waals surface area contributed by atoms with Crippen molar-refractivity contribution in [3.8, 4) is 11.8 Å². The van der Waals surface area contributed by atoms with Crippen molar-refractivity contribution in [1.29, 1.82) is 5.26 Å². The lowest BCUT2D eigenvalue weighted by atomic mass is 9.81. The summed E-state index contributed by atoms with van der Waals surface area (Å²) in [6.07, 6.45) is 7.83. The number of pyridine rings is 1. The second-order valence-corrected chi connectivity index (χ2v) is 9.21. The molecule has 172 valence electrons. The lowest BCUT2D eigenvalue weighted by Gasteiger charge is -2.33. The Morgan fingerprint density at radius 2 is 1.91 bits per heavy atom. The molecule has 0 atom stereocenters. The summed E-state index contributed by atoms with van der Waals surface area (Å²) in [5.41, 5.74) is 8.28. The van der Waals surface area contributed by atoms with Crippen LogP contribution in [0.1, 0.15) is 66.1 Å². The van der Waals surface area contributed by atoms with E-state index in [0.717, 1.165) is 69.2 Å². The second-order valence-electron chi connectivity index (χ2n) is 8.80. The van der Waals surface area contributed by atoms with Crippen LogP contribution in [0.25, 0.3) is 0 Å². The molecule has 2 aromatic rings. The molecule has 1 saturated heterocycles. The molecular formula is C25H27ClN4O3. The van der Waals surface area contributed by atoms with E-state index >= 15 is 0 Å². The maximum absolute atomic E-state index is 12.1. The molecule has 0 radical (unpaired) electrons. The number of piperidine rings is 1. The summed E-state index contributed by atoms with van der Waals surface area (Å²) in [6, 6.07) is 9.21. The highest BCUT2D eigenvalue weighted by atomic mass is 35.5. The number of nitrogens with zero attached hydrogens (tertiary/aromatic N) is 3. The first-order chi connectivity index (χ1) is 16.0. The van der Waals surface area contributed by atoms with Crippen molar-refractivity contribution in [2.45, 2.75) is 50.5 Å². The smallest absolute Gasteiger partial charge is 0.267 e. The highest BCUT2D eigenvalue weighted by molar-refractivity contribution is 6.31. The minimum absolute atomic E-state index is 0.0424. The third-order valence-corrected chi connectivity index (χ3v) is 7.02. The van der Waals surface area contributed by atoms with Gasteiger partial charge in [-0.15, -0.1) is 0 Å². The van der Waals surface area contributed by atoms with Crippen LogP contribution in [0.15, 0.2) is 30.5 Å². The average Bonchev–Trinajstić information content (AvgIpc) is 2.84. The molecule has 0 bridgehead atoms. The number of anilines is 1. The zero-order valence-corrected chi connectivity index (χ0v) is 19.1. The predicted octanol–water partition coefficient (Wildman–Crippen LogP) is 4.23. The first kappa shape index (κ1) is 23.1. The van der Waals surface area contributed by atoms with Crippen LogP contribution in [0.4, 0.5) is 5.69 Å². The summed E-state index contributed by atoms with van der Waals surface area (Å²) in [5, 5.41) is 9.41. The highest BCUT2D eigenvalue weighted by Crippen LogP contribution is 2.37. The Bertz CT molecular complexity index is 1070. The van der Waals surface area contributed by atoms with E-state index in [2.05, 4.69) is 16.0 Å². The van der Waals surface area contributed by atoms with Crippen molar-refractivity contribution in [3.05, 3.63) is 52.3 Å². The molecule has 2 heterocycles. The van der Waals surface area contributed by atoms with E-state index in [9.17, 15) is 9.59 Å². The number of aromatic nitrogens is 1. The molecule has 2 N–H and O–H groups in total. The molecule has 2 fully saturated rings. The summed E-state index contributed by atoms with van der Waals surface area (Å²) in [4.78, 5) is 29.8. The van der Waals surface area contributed by atoms with Crippen LogP contribution < -0.4 is 15.4 Å². The minimum atomic E-state index is -0.512. The van der Waals surface area contributed by atoms with Crippen molar-refractivity contribution in [3.63, 3.8) is 0 Å². The van der Waals surface area contributed by atoms with Crippen LogP contribution in [0.3, 0.4) is 0 Å². The maximum atomic E-state index is 12.1. The van der Waals surface area contributed by atoms with Crippen LogP contribution in [-0.4, -0.2) is 36.4 Å². The summed E-state index contributed by atoms with van der Waals surface area (Å²) in [5.74, 6) is 0.446. The molecular weight excluding hydrogens is 440 g/mol. The molecule has 0 spiro atoms. The van der Waals surface area contributed by atoms with Gasteiger partial charge in [-0.05, 0) is 68.2 Å². The molecule has 1 aliphatic heterocycles. The number of nitriles is 1. The quantitative estimate of drug-likeness (QED) is 0.638. The summed E-state index contributed by atoms with van der Waals surface area (Å²) in [7, 11) is 0. The summed E-state index contributed by atoms with van der Waals surface area (Å²) >= 11 is 6.12. The number of hydrogen-bond acceptors (Lipinski definition) is 6. The van der Waals surface area contributed by atoms with Gasteiger partial charge in [-0.1, -0.05) is 11.6 Å². The van der Waals surface area contributed by atoms with Crippen LogP contribution >= 0.6 is 11.6 Å². The Kier molecular flexibility index (Phi) is 7.14. The van der Waals surface area contributed by atoms with Gasteiger partial charge in [-0.3, -0.25) is 4.79 Å². The average molecular weight is 467 g/mol. The van der Waals surface area contributed by atoms with E-state index in [4.69, 9.17) is 27.3 Å². The molecule has 33 heavy (non-hydrogen) atoms. The van der Waals surface area contributed by atoms with Crippen LogP contribution in [0.2, 0.25) is 5.02 Å². The van der Waals surface area contributed by atoms with E-state index < -0.39 is 5.91 Å². The number of carbonyl (C=O) groups excluding carboxylic acids is 2. The van der Waals surface area contributed by atoms with Crippen molar-refractivity contribution >= 4 is 29.5 Å². The van der Waals surface area contributed by atoms with Gasteiger partial charge in [-0.2, -0.15) is 5.26 Å². The molecule has 1 amide bonds. The predicted molar refractivity (Wildman–Crippen MR) is 126 cm³/mol. The first-order valence-electron chi connectivity index (χ1n) is 11.3. The molecule has 7 nitrogen and oxygen atoms in total. The number of halogens is 1. The Morgan fingerprint density at radius 1 is 1.18 bits per heavy atom. The number of amides is 1. The molecule has 0 unspecified atom stereocenters. The molecule has 1 aromatic heterocycles. The van der Waals surface area contributed by atoms with Gasteiger partial charge in [0.2, 0.25) is 0 Å². The summed E-state index contributed by atoms with van der Waals surface area (Å²) in [6.45, 7) is 1.60. The first-order valence-corrected chi connectivity index (χ1v) is 11.7. The van der Waals surface area contributed by atoms with E-state index in [1.807, 2.05) is 6.07 Å². The number of carbonyl (C=O) groups is 2. The standard InChI is InChI=1S/C25H27ClN4O3/c26-23-12-21(6-3-18(23)13-27)33-20-4-1-17(2-5-20)22-11-19(14-29-24(22)25(28)32)30-9-7-16(15-31)8-10-30/h3,6,11-12,14-17,20H,1-2,4-5,7-10H2,(H2,28,32). The van der Waals surface area contributed by atoms with Crippen molar-refractivity contribution < 1.29 is 14.3 Å². The van der Waals surface area contributed by atoms with Gasteiger partial charge in [0.1, 0.15) is 23.8 Å². The fourth-order valence-corrected chi connectivity index (χ4v) is 5.01. The lowest BCUT2D eigenvalue weighted by molar-refractivity contribution is -0.111. The highest BCUT2D eigenvalue weighted by Gasteiger charge is 2.28. The fraction of sp³-hybridized carbons (Fsp3) is 0.440. The Labute approximate surface area is 198 Å². The second kappa shape index (κ2) is 10.2. The van der Waals surface area contributed by atoms with Crippen molar-refractivity contribution in [2.24, 2.45) is 11.7 Å². The number of benzene rings is 1. The van der Waals surface area contributed by atoms with E-state index in [1.54, 1.807) is 24.4 Å². The van der Waals surface area contributed by atoms with Crippen LogP contribution in [0.5, 0.6) is 5.75 Å². The van der Waals surface area contributed by atoms with E-state index in [0.29, 0.717) is 22.0 Å². The minimum Gasteiger partial charge on any atom is -0.490 e. The Balaban J connectivity index is 1.44. The maximum Gasteiger partial charge on any atom is 0.267 e. The molecule has 1 saturated carbocycles. The third-order valence-electron chi connectivity index (χ3n) is 6.71. The normalized spacial score (nSPS) is 21.3. The number of nitrogens with two attached hydrogens (primary N) is 1. The number of hydrogen-bond donors (Lipinski definition) is 1. The number of aldehydes is 1. The van der Waals surface area contributed by atoms with Crippen molar-refractivity contribution in [2.75, 3.05) is 18.0 Å². The van der Waals surface area contributed by atoms with Crippen LogP contribution in [0, 0.1) is 17.2 Å². The van der Waals surface area contributed by atoms with Crippen LogP contribution in [-0.2, 0) is 4.79 Å². The lowest BCUT2D eigenvalue weighted by Crippen LogP contribution is -2.34. The number of rotatable bonds is 6. The molecule has 1 aromatic carbocycles. The van der Waals surface area contributed by atoms with Gasteiger partial charge in [0.05, 0.1) is 28.6 Å². The largest absolute Gasteiger partial charge is 0.490 e. The Hall–Kier alpha value is -3.11.